The number of amides is 2. The van der Waals surface area contributed by atoms with Crippen LogP contribution in [0.3, 0.4) is 0 Å². The van der Waals surface area contributed by atoms with Crippen LogP contribution in [0.15, 0.2) is 63.2 Å². The van der Waals surface area contributed by atoms with Crippen LogP contribution < -0.4 is 20.1 Å². The molecular formula is C30H36N6O4S. The molecule has 5 rings (SSSR count). The number of likely N-dealkylation sites (tertiary alicyclic amines) is 1. The number of benzene rings is 2. The Kier molecular flexibility index (Phi) is 8.94. The van der Waals surface area contributed by atoms with Crippen LogP contribution in [0.5, 0.6) is 11.5 Å². The number of carbonyl (C=O) groups is 1. The molecule has 0 radical (unpaired) electrons. The maximum atomic E-state index is 12.6. The average molecular weight is 577 g/mol. The number of rotatable bonds is 10. The highest BCUT2D eigenvalue weighted by molar-refractivity contribution is 7.99. The second kappa shape index (κ2) is 12.8. The number of methoxy groups -OCH3 is 1. The Morgan fingerprint density at radius 1 is 1.07 bits per heavy atom. The van der Waals surface area contributed by atoms with Crippen molar-refractivity contribution in [2.75, 3.05) is 44.0 Å². The van der Waals surface area contributed by atoms with Gasteiger partial charge in [0.1, 0.15) is 17.1 Å². The van der Waals surface area contributed by atoms with E-state index in [4.69, 9.17) is 14.0 Å². The fourth-order valence-electron chi connectivity index (χ4n) is 4.59. The van der Waals surface area contributed by atoms with Gasteiger partial charge in [0.05, 0.1) is 19.2 Å². The van der Waals surface area contributed by atoms with Crippen molar-refractivity contribution in [1.82, 2.24) is 20.0 Å². The van der Waals surface area contributed by atoms with Crippen LogP contribution in [0.1, 0.15) is 45.8 Å². The van der Waals surface area contributed by atoms with E-state index in [0.29, 0.717) is 35.4 Å². The van der Waals surface area contributed by atoms with Gasteiger partial charge in [-0.05, 0) is 56.6 Å². The van der Waals surface area contributed by atoms with E-state index in [1.165, 1.54) is 37.7 Å². The summed E-state index contributed by atoms with van der Waals surface area (Å²) in [6, 6.07) is 12.7. The van der Waals surface area contributed by atoms with Gasteiger partial charge in [0, 0.05) is 40.1 Å². The summed E-state index contributed by atoms with van der Waals surface area (Å²) in [4.78, 5) is 25.0. The fourth-order valence-corrected chi connectivity index (χ4v) is 5.51. The normalized spacial score (nSPS) is 13.9. The molecule has 0 atom stereocenters. The summed E-state index contributed by atoms with van der Waals surface area (Å²) >= 11 is 1.48. The minimum absolute atomic E-state index is 0.203. The Balaban J connectivity index is 1.24. The molecule has 10 nitrogen and oxygen atoms in total. The molecule has 2 N–H and O–H groups in total. The van der Waals surface area contributed by atoms with Gasteiger partial charge in [-0.3, -0.25) is 5.32 Å². The first kappa shape index (κ1) is 28.7. The van der Waals surface area contributed by atoms with Crippen molar-refractivity contribution >= 4 is 40.2 Å². The molecule has 0 unspecified atom stereocenters. The third-order valence-corrected chi connectivity index (χ3v) is 7.76. The van der Waals surface area contributed by atoms with Crippen molar-refractivity contribution in [1.29, 1.82) is 0 Å². The number of urea groups is 1. The van der Waals surface area contributed by atoms with Crippen LogP contribution in [0.2, 0.25) is 0 Å². The molecule has 216 valence electrons. The second-order valence-corrected chi connectivity index (χ2v) is 12.0. The largest absolute Gasteiger partial charge is 0.493 e. The molecule has 2 amide bonds. The van der Waals surface area contributed by atoms with Crippen LogP contribution in [0, 0.1) is 0 Å². The molecule has 41 heavy (non-hydrogen) atoms. The number of aromatic nitrogens is 3. The van der Waals surface area contributed by atoms with E-state index < -0.39 is 6.03 Å². The number of nitrogens with zero attached hydrogens (tertiary/aromatic N) is 4. The summed E-state index contributed by atoms with van der Waals surface area (Å²) in [6.07, 6.45) is 5.09. The smallest absolute Gasteiger partial charge is 0.324 e. The first-order valence-electron chi connectivity index (χ1n) is 13.8. The quantitative estimate of drug-likeness (QED) is 0.159. The minimum Gasteiger partial charge on any atom is -0.493 e. The van der Waals surface area contributed by atoms with Crippen molar-refractivity contribution in [3.63, 3.8) is 0 Å². The molecule has 0 saturated carbocycles. The third-order valence-electron chi connectivity index (χ3n) is 6.76. The Morgan fingerprint density at radius 2 is 1.90 bits per heavy atom. The molecular weight excluding hydrogens is 540 g/mol. The highest BCUT2D eigenvalue weighted by Gasteiger charge is 2.20. The van der Waals surface area contributed by atoms with Crippen LogP contribution in [0.25, 0.3) is 10.9 Å². The zero-order chi connectivity index (χ0) is 28.8. The summed E-state index contributed by atoms with van der Waals surface area (Å²) in [5, 5.41) is 11.1. The van der Waals surface area contributed by atoms with E-state index in [2.05, 4.69) is 30.7 Å². The zero-order valence-corrected chi connectivity index (χ0v) is 24.7. The molecule has 11 heteroatoms. The molecule has 0 aliphatic carbocycles. The van der Waals surface area contributed by atoms with E-state index in [1.807, 2.05) is 57.2 Å². The van der Waals surface area contributed by atoms with Gasteiger partial charge in [-0.25, -0.2) is 14.8 Å². The molecule has 3 heterocycles. The molecule has 1 fully saturated rings. The predicted molar refractivity (Wildman–Crippen MR) is 160 cm³/mol. The maximum absolute atomic E-state index is 12.6. The minimum atomic E-state index is -0.411. The summed E-state index contributed by atoms with van der Waals surface area (Å²) in [5.74, 6) is 2.37. The van der Waals surface area contributed by atoms with E-state index >= 15 is 0 Å². The van der Waals surface area contributed by atoms with Crippen molar-refractivity contribution < 1.29 is 18.8 Å². The van der Waals surface area contributed by atoms with Crippen LogP contribution in [-0.2, 0) is 5.41 Å². The lowest BCUT2D eigenvalue weighted by molar-refractivity contribution is 0.254. The van der Waals surface area contributed by atoms with E-state index in [9.17, 15) is 4.79 Å². The molecule has 2 aromatic carbocycles. The zero-order valence-electron chi connectivity index (χ0n) is 23.9. The van der Waals surface area contributed by atoms with Crippen LogP contribution in [-0.4, -0.2) is 59.4 Å². The Labute approximate surface area is 244 Å². The van der Waals surface area contributed by atoms with Gasteiger partial charge in [0.15, 0.2) is 17.3 Å². The van der Waals surface area contributed by atoms with Gasteiger partial charge in [-0.2, -0.15) is 0 Å². The summed E-state index contributed by atoms with van der Waals surface area (Å²) < 4.78 is 17.1. The lowest BCUT2D eigenvalue weighted by atomic mass is 9.93. The predicted octanol–water partition coefficient (Wildman–Crippen LogP) is 6.58. The lowest BCUT2D eigenvalue weighted by Crippen LogP contribution is -2.21. The molecule has 2 aromatic heterocycles. The maximum Gasteiger partial charge on any atom is 0.324 e. The highest BCUT2D eigenvalue weighted by atomic mass is 32.2. The summed E-state index contributed by atoms with van der Waals surface area (Å²) in [6.45, 7) is 10.1. The number of hydrogen-bond donors (Lipinski definition) is 2. The standard InChI is InChI=1S/C30H36N6O4S/c1-30(2,3)26-18-27(35-40-26)34-29(37)33-20-9-7-10-21(15-20)41-28-22-16-24(38-4)25(17-23(22)31-19-32-28)39-14-8-13-36-11-5-6-12-36/h7,9-10,15-19H,5-6,8,11-14H2,1-4H3,(H2,33,34,35,37). The Morgan fingerprint density at radius 3 is 2.66 bits per heavy atom. The monoisotopic (exact) mass is 576 g/mol. The van der Waals surface area contributed by atoms with Gasteiger partial charge in [0.2, 0.25) is 0 Å². The molecule has 0 bridgehead atoms. The van der Waals surface area contributed by atoms with E-state index in [0.717, 1.165) is 33.8 Å². The first-order valence-corrected chi connectivity index (χ1v) is 14.6. The second-order valence-electron chi connectivity index (χ2n) is 11.0. The number of anilines is 2. The molecule has 1 aliphatic heterocycles. The number of hydrogen-bond acceptors (Lipinski definition) is 9. The summed E-state index contributed by atoms with van der Waals surface area (Å²) in [5.41, 5.74) is 1.20. The Hall–Kier alpha value is -3.83. The number of fused-ring (bicyclic) bond motifs is 1. The van der Waals surface area contributed by atoms with Gasteiger partial charge in [-0.1, -0.05) is 43.8 Å². The van der Waals surface area contributed by atoms with Crippen molar-refractivity contribution in [2.45, 2.75) is 55.4 Å². The van der Waals surface area contributed by atoms with Gasteiger partial charge < -0.3 is 24.2 Å². The molecule has 0 spiro atoms. The van der Waals surface area contributed by atoms with Gasteiger partial charge in [0.25, 0.3) is 0 Å². The van der Waals surface area contributed by atoms with E-state index in [-0.39, 0.29) is 5.41 Å². The molecule has 1 aliphatic rings. The lowest BCUT2D eigenvalue weighted by Gasteiger charge is -2.16. The third kappa shape index (κ3) is 7.47. The SMILES string of the molecule is COc1cc2c(Sc3cccc(NC(=O)Nc4cc(C(C)(C)C)on4)c3)ncnc2cc1OCCCN1CCCC1. The highest BCUT2D eigenvalue weighted by Crippen LogP contribution is 2.38. The van der Waals surface area contributed by atoms with Crippen LogP contribution in [0.4, 0.5) is 16.3 Å². The van der Waals surface area contributed by atoms with Gasteiger partial charge >= 0.3 is 6.03 Å². The summed E-state index contributed by atoms with van der Waals surface area (Å²) in [7, 11) is 1.64. The molecule has 1 saturated heterocycles. The van der Waals surface area contributed by atoms with Gasteiger partial charge in [-0.15, -0.1) is 0 Å². The van der Waals surface area contributed by atoms with Crippen molar-refractivity contribution in [3.8, 4) is 11.5 Å². The van der Waals surface area contributed by atoms with Crippen molar-refractivity contribution in [3.05, 3.63) is 54.6 Å². The van der Waals surface area contributed by atoms with Crippen molar-refractivity contribution in [2.24, 2.45) is 0 Å². The number of ether oxygens (including phenoxy) is 2. The topological polar surface area (TPSA) is 115 Å². The number of nitrogens with one attached hydrogen (secondary N) is 2. The molecule has 4 aromatic rings. The van der Waals surface area contributed by atoms with Crippen LogP contribution >= 0.6 is 11.8 Å². The number of carbonyl (C=O) groups excluding carboxylic acids is 1. The fraction of sp³-hybridized carbons (Fsp3) is 0.400. The average Bonchev–Trinajstić information content (AvgIpc) is 3.63. The first-order chi connectivity index (χ1) is 19.8. The van der Waals surface area contributed by atoms with E-state index in [1.54, 1.807) is 19.5 Å². The Bertz CT molecular complexity index is 1500.